The zero-order valence-electron chi connectivity index (χ0n) is 6.47. The first-order valence-electron chi connectivity index (χ1n) is 3.40. The molecule has 1 aromatic heterocycles. The summed E-state index contributed by atoms with van der Waals surface area (Å²) >= 11 is 5.49. The summed E-state index contributed by atoms with van der Waals surface area (Å²) in [7, 11) is 0. The van der Waals surface area contributed by atoms with Crippen molar-refractivity contribution in [2.75, 3.05) is 5.73 Å². The number of nitrogen functional groups attached to an aromatic ring is 1. The van der Waals surface area contributed by atoms with Gasteiger partial charge < -0.3 is 10.8 Å². The zero-order chi connectivity index (χ0) is 10.0. The third-order valence-corrected chi connectivity index (χ3v) is 1.83. The van der Waals surface area contributed by atoms with E-state index in [1.54, 1.807) is 0 Å². The second-order valence-corrected chi connectivity index (χ2v) is 2.72. The molecular weight excluding hydrogens is 202 g/mol. The normalized spacial score (nSPS) is 10.8. The summed E-state index contributed by atoms with van der Waals surface area (Å²) in [6.45, 7) is -0.578. The van der Waals surface area contributed by atoms with Gasteiger partial charge in [0.25, 0.3) is 6.43 Å². The van der Waals surface area contributed by atoms with Crippen molar-refractivity contribution in [3.8, 4) is 0 Å². The Morgan fingerprint density at radius 2 is 2.23 bits per heavy atom. The van der Waals surface area contributed by atoms with Crippen molar-refractivity contribution >= 4 is 17.4 Å². The zero-order valence-corrected chi connectivity index (χ0v) is 7.22. The van der Waals surface area contributed by atoms with Gasteiger partial charge in [-0.3, -0.25) is 0 Å². The first-order chi connectivity index (χ1) is 6.06. The molecule has 0 aliphatic rings. The van der Waals surface area contributed by atoms with E-state index < -0.39 is 13.0 Å². The lowest BCUT2D eigenvalue weighted by molar-refractivity contribution is 0.147. The van der Waals surface area contributed by atoms with Gasteiger partial charge in [-0.2, -0.15) is 0 Å². The molecule has 0 spiro atoms. The maximum atomic E-state index is 12.3. The Bertz CT molecular complexity index is 320. The van der Waals surface area contributed by atoms with Gasteiger partial charge in [0.1, 0.15) is 11.0 Å². The van der Waals surface area contributed by atoms with Crippen molar-refractivity contribution in [1.29, 1.82) is 0 Å². The molecule has 0 aromatic carbocycles. The second-order valence-electron chi connectivity index (χ2n) is 2.36. The maximum Gasteiger partial charge on any atom is 0.264 e. The van der Waals surface area contributed by atoms with Crippen molar-refractivity contribution in [2.45, 2.75) is 13.0 Å². The first kappa shape index (κ1) is 10.1. The number of rotatable bonds is 2. The van der Waals surface area contributed by atoms with Crippen LogP contribution in [0.25, 0.3) is 0 Å². The number of nitrogens with zero attached hydrogens (tertiary/aromatic N) is 1. The van der Waals surface area contributed by atoms with Crippen LogP contribution in [0, 0.1) is 0 Å². The highest BCUT2D eigenvalue weighted by Crippen LogP contribution is 2.28. The average molecular weight is 209 g/mol. The number of aliphatic hydroxyl groups is 1. The average Bonchev–Trinajstić information content (AvgIpc) is 2.02. The first-order valence-corrected chi connectivity index (χ1v) is 3.78. The molecule has 13 heavy (non-hydrogen) atoms. The van der Waals surface area contributed by atoms with Crippen LogP contribution in [-0.2, 0) is 6.61 Å². The maximum absolute atomic E-state index is 12.3. The van der Waals surface area contributed by atoms with Gasteiger partial charge in [0.2, 0.25) is 0 Å². The highest BCUT2D eigenvalue weighted by molar-refractivity contribution is 6.30. The Kier molecular flexibility index (Phi) is 3.00. The minimum Gasteiger partial charge on any atom is -0.392 e. The van der Waals surface area contributed by atoms with Gasteiger partial charge in [-0.25, -0.2) is 13.8 Å². The van der Waals surface area contributed by atoms with Gasteiger partial charge in [0.15, 0.2) is 0 Å². The molecule has 0 unspecified atom stereocenters. The molecule has 0 saturated carbocycles. The number of halogens is 3. The van der Waals surface area contributed by atoms with Crippen LogP contribution in [-0.4, -0.2) is 10.1 Å². The highest BCUT2D eigenvalue weighted by Gasteiger charge is 2.16. The lowest BCUT2D eigenvalue weighted by Gasteiger charge is -2.08. The van der Waals surface area contributed by atoms with E-state index in [-0.39, 0.29) is 22.1 Å². The molecule has 0 bridgehead atoms. The number of anilines is 1. The predicted octanol–water partition coefficient (Wildman–Crippen LogP) is 1.75. The van der Waals surface area contributed by atoms with Crippen LogP contribution in [0.1, 0.15) is 17.6 Å². The molecule has 0 aliphatic carbocycles. The van der Waals surface area contributed by atoms with Crippen LogP contribution in [0.15, 0.2) is 6.07 Å². The fraction of sp³-hybridized carbons (Fsp3) is 0.286. The van der Waals surface area contributed by atoms with E-state index >= 15 is 0 Å². The fourth-order valence-corrected chi connectivity index (χ4v) is 1.20. The number of alkyl halides is 2. The third-order valence-electron chi connectivity index (χ3n) is 1.52. The summed E-state index contributed by atoms with van der Waals surface area (Å²) in [5.74, 6) is -0.0856. The molecule has 1 heterocycles. The molecule has 0 fully saturated rings. The van der Waals surface area contributed by atoms with E-state index in [4.69, 9.17) is 22.4 Å². The summed E-state index contributed by atoms with van der Waals surface area (Å²) < 4.78 is 24.6. The van der Waals surface area contributed by atoms with Gasteiger partial charge in [0.05, 0.1) is 6.61 Å². The van der Waals surface area contributed by atoms with E-state index in [1.807, 2.05) is 0 Å². The Labute approximate surface area is 78.1 Å². The number of hydrogen-bond donors (Lipinski definition) is 2. The monoisotopic (exact) mass is 208 g/mol. The number of aliphatic hydroxyl groups excluding tert-OH is 1. The van der Waals surface area contributed by atoms with Gasteiger partial charge in [-0.05, 0) is 6.07 Å². The van der Waals surface area contributed by atoms with Crippen LogP contribution < -0.4 is 5.73 Å². The smallest absolute Gasteiger partial charge is 0.264 e. The van der Waals surface area contributed by atoms with E-state index in [0.29, 0.717) is 0 Å². The van der Waals surface area contributed by atoms with Crippen molar-refractivity contribution in [1.82, 2.24) is 4.98 Å². The van der Waals surface area contributed by atoms with Gasteiger partial charge in [-0.15, -0.1) is 0 Å². The number of pyridine rings is 1. The molecule has 6 heteroatoms. The lowest BCUT2D eigenvalue weighted by Crippen LogP contribution is -2.01. The van der Waals surface area contributed by atoms with Crippen LogP contribution in [0.4, 0.5) is 14.6 Å². The van der Waals surface area contributed by atoms with Crippen molar-refractivity contribution in [3.05, 3.63) is 22.3 Å². The molecule has 72 valence electrons. The standard InChI is InChI=1S/C7H7ClF2N2O/c8-6-4(2-13)3(7(9)10)1-5(11)12-6/h1,7,13H,2H2,(H2,11,12). The summed E-state index contributed by atoms with van der Waals surface area (Å²) in [5, 5.41) is 8.56. The summed E-state index contributed by atoms with van der Waals surface area (Å²) in [6, 6.07) is 1.00. The Hall–Kier alpha value is -0.940. The van der Waals surface area contributed by atoms with Crippen molar-refractivity contribution < 1.29 is 13.9 Å². The molecule has 0 aliphatic heterocycles. The van der Waals surface area contributed by atoms with Crippen molar-refractivity contribution in [2.24, 2.45) is 0 Å². The Balaban J connectivity index is 3.29. The minimum absolute atomic E-state index is 0.0779. The molecule has 3 nitrogen and oxygen atoms in total. The van der Waals surface area contributed by atoms with Gasteiger partial charge in [0, 0.05) is 11.1 Å². The molecule has 1 rings (SSSR count). The summed E-state index contributed by atoms with van der Waals surface area (Å²) in [6.07, 6.45) is -2.72. The third kappa shape index (κ3) is 2.05. The number of aromatic nitrogens is 1. The van der Waals surface area contributed by atoms with Gasteiger partial charge >= 0.3 is 0 Å². The highest BCUT2D eigenvalue weighted by atomic mass is 35.5. The van der Waals surface area contributed by atoms with E-state index in [0.717, 1.165) is 6.07 Å². The molecule has 0 amide bonds. The summed E-state index contributed by atoms with van der Waals surface area (Å²) in [4.78, 5) is 3.54. The molecule has 1 aromatic rings. The molecule has 0 saturated heterocycles. The summed E-state index contributed by atoms with van der Waals surface area (Å²) in [5.41, 5.74) is 4.76. The van der Waals surface area contributed by atoms with E-state index in [2.05, 4.69) is 4.98 Å². The topological polar surface area (TPSA) is 59.1 Å². The Morgan fingerprint density at radius 3 is 2.69 bits per heavy atom. The van der Waals surface area contributed by atoms with Gasteiger partial charge in [-0.1, -0.05) is 11.6 Å². The quantitative estimate of drug-likeness (QED) is 0.728. The second kappa shape index (κ2) is 3.85. The van der Waals surface area contributed by atoms with Crippen LogP contribution >= 0.6 is 11.6 Å². The number of hydrogen-bond acceptors (Lipinski definition) is 3. The van der Waals surface area contributed by atoms with Crippen LogP contribution in [0.3, 0.4) is 0 Å². The van der Waals surface area contributed by atoms with Crippen LogP contribution in [0.2, 0.25) is 5.15 Å². The molecule has 0 radical (unpaired) electrons. The lowest BCUT2D eigenvalue weighted by atomic mass is 10.1. The largest absolute Gasteiger partial charge is 0.392 e. The van der Waals surface area contributed by atoms with Crippen LogP contribution in [0.5, 0.6) is 0 Å². The predicted molar refractivity (Wildman–Crippen MR) is 44.5 cm³/mol. The molecule has 0 atom stereocenters. The Morgan fingerprint density at radius 1 is 1.62 bits per heavy atom. The molecular formula is C7H7ClF2N2O. The van der Waals surface area contributed by atoms with E-state index in [9.17, 15) is 8.78 Å². The minimum atomic E-state index is -2.72. The SMILES string of the molecule is Nc1cc(C(F)F)c(CO)c(Cl)n1. The number of nitrogens with two attached hydrogens (primary N) is 1. The van der Waals surface area contributed by atoms with E-state index in [1.165, 1.54) is 0 Å². The molecule has 3 N–H and O–H groups in total. The van der Waals surface area contributed by atoms with Crippen molar-refractivity contribution in [3.63, 3.8) is 0 Å². The fourth-order valence-electron chi connectivity index (χ4n) is 0.930.